The molecule has 0 unspecified atom stereocenters. The van der Waals surface area contributed by atoms with Crippen LogP contribution >= 0.6 is 34.7 Å². The molecule has 134 valence electrons. The minimum atomic E-state index is -0.379. The minimum absolute atomic E-state index is 0.267. The summed E-state index contributed by atoms with van der Waals surface area (Å²) in [5, 5.41) is 11.5. The van der Waals surface area contributed by atoms with E-state index >= 15 is 0 Å². The third-order valence-corrected chi connectivity index (χ3v) is 5.59. The summed E-state index contributed by atoms with van der Waals surface area (Å²) in [5.74, 6) is 0.402. The summed E-state index contributed by atoms with van der Waals surface area (Å²) >= 11 is 8.66. The number of nitrogens with zero attached hydrogens (tertiary/aromatic N) is 2. The number of nitrogens with one attached hydrogen (secondary N) is 1. The number of carbonyl (C=O) groups is 1. The monoisotopic (exact) mass is 409 g/mol. The van der Waals surface area contributed by atoms with E-state index in [-0.39, 0.29) is 11.7 Å². The number of anilines is 1. The van der Waals surface area contributed by atoms with Crippen molar-refractivity contribution in [3.05, 3.63) is 64.4 Å². The van der Waals surface area contributed by atoms with Crippen LogP contribution in [0.1, 0.15) is 15.9 Å². The lowest BCUT2D eigenvalue weighted by molar-refractivity contribution is 0.102. The summed E-state index contributed by atoms with van der Waals surface area (Å²) in [5.41, 5.74) is 1.29. The van der Waals surface area contributed by atoms with Gasteiger partial charge in [-0.25, -0.2) is 4.39 Å². The van der Waals surface area contributed by atoms with Crippen LogP contribution in [-0.2, 0) is 5.75 Å². The van der Waals surface area contributed by atoms with Crippen molar-refractivity contribution in [2.45, 2.75) is 10.1 Å². The molecule has 0 spiro atoms. The van der Waals surface area contributed by atoms with Crippen LogP contribution in [0.15, 0.2) is 46.8 Å². The maximum atomic E-state index is 12.9. The lowest BCUT2D eigenvalue weighted by atomic mass is 10.2. The molecule has 9 heteroatoms. The Kier molecular flexibility index (Phi) is 6.08. The molecule has 0 atom stereocenters. The highest BCUT2D eigenvalue weighted by Gasteiger charge is 2.15. The molecule has 1 N–H and O–H groups in total. The topological polar surface area (TPSA) is 64.1 Å². The first kappa shape index (κ1) is 18.6. The maximum absolute atomic E-state index is 12.9. The fourth-order valence-corrected chi connectivity index (χ4v) is 3.94. The van der Waals surface area contributed by atoms with Crippen LogP contribution < -0.4 is 10.1 Å². The lowest BCUT2D eigenvalue weighted by Gasteiger charge is -2.07. The Labute approximate surface area is 162 Å². The van der Waals surface area contributed by atoms with Crippen LogP contribution in [0, 0.1) is 5.82 Å². The Balaban J connectivity index is 1.64. The fourth-order valence-electron chi connectivity index (χ4n) is 2.07. The van der Waals surface area contributed by atoms with Crippen LogP contribution in [0.4, 0.5) is 9.52 Å². The molecule has 0 aliphatic rings. The van der Waals surface area contributed by atoms with E-state index in [0.717, 1.165) is 5.56 Å². The second-order valence-corrected chi connectivity index (χ2v) is 7.72. The maximum Gasteiger partial charge on any atom is 0.261 e. The normalized spacial score (nSPS) is 10.6. The van der Waals surface area contributed by atoms with Gasteiger partial charge in [-0.05, 0) is 35.9 Å². The Morgan fingerprint density at radius 1 is 1.27 bits per heavy atom. The van der Waals surface area contributed by atoms with E-state index in [1.54, 1.807) is 24.3 Å². The Morgan fingerprint density at radius 3 is 2.77 bits per heavy atom. The highest BCUT2D eigenvalue weighted by molar-refractivity contribution is 8.00. The SMILES string of the molecule is COc1ccc(Cl)cc1C(=O)Nc1nnc(SCc2ccc(F)cc2)s1. The number of aromatic nitrogens is 2. The number of amides is 1. The molecule has 3 aromatic rings. The van der Waals surface area contributed by atoms with E-state index in [4.69, 9.17) is 16.3 Å². The van der Waals surface area contributed by atoms with E-state index in [1.807, 2.05) is 0 Å². The van der Waals surface area contributed by atoms with Gasteiger partial charge in [0.05, 0.1) is 12.7 Å². The molecule has 0 saturated carbocycles. The zero-order chi connectivity index (χ0) is 18.5. The molecule has 1 aromatic heterocycles. The molecule has 0 aliphatic heterocycles. The van der Waals surface area contributed by atoms with Crippen molar-refractivity contribution in [3.8, 4) is 5.75 Å². The van der Waals surface area contributed by atoms with E-state index in [1.165, 1.54) is 48.4 Å². The number of ether oxygens (including phenoxy) is 1. The Bertz CT molecular complexity index is 919. The number of benzene rings is 2. The first-order valence-corrected chi connectivity index (χ1v) is 9.59. The highest BCUT2D eigenvalue weighted by Crippen LogP contribution is 2.29. The van der Waals surface area contributed by atoms with Crippen LogP contribution in [0.5, 0.6) is 5.75 Å². The quantitative estimate of drug-likeness (QED) is 0.464. The molecular formula is C17H13ClFN3O2S2. The number of hydrogen-bond acceptors (Lipinski definition) is 6. The number of halogens is 2. The lowest BCUT2D eigenvalue weighted by Crippen LogP contribution is -2.13. The summed E-state index contributed by atoms with van der Waals surface area (Å²) < 4.78 is 18.8. The van der Waals surface area contributed by atoms with Crippen LogP contribution in [0.2, 0.25) is 5.02 Å². The van der Waals surface area contributed by atoms with Crippen LogP contribution in [0.25, 0.3) is 0 Å². The largest absolute Gasteiger partial charge is 0.496 e. The van der Waals surface area contributed by atoms with Crippen molar-refractivity contribution in [3.63, 3.8) is 0 Å². The van der Waals surface area contributed by atoms with Crippen molar-refractivity contribution >= 4 is 45.7 Å². The van der Waals surface area contributed by atoms with Gasteiger partial charge in [0.25, 0.3) is 5.91 Å². The first-order chi connectivity index (χ1) is 12.5. The van der Waals surface area contributed by atoms with E-state index < -0.39 is 0 Å². The van der Waals surface area contributed by atoms with Gasteiger partial charge in [-0.2, -0.15) is 0 Å². The molecule has 0 bridgehead atoms. The minimum Gasteiger partial charge on any atom is -0.496 e. The zero-order valence-corrected chi connectivity index (χ0v) is 15.9. The molecule has 2 aromatic carbocycles. The third-order valence-electron chi connectivity index (χ3n) is 3.31. The fraction of sp³-hybridized carbons (Fsp3) is 0.118. The van der Waals surface area contributed by atoms with Gasteiger partial charge < -0.3 is 4.74 Å². The molecular weight excluding hydrogens is 397 g/mol. The van der Waals surface area contributed by atoms with Crippen molar-refractivity contribution in [2.75, 3.05) is 12.4 Å². The van der Waals surface area contributed by atoms with Crippen molar-refractivity contribution < 1.29 is 13.9 Å². The smallest absolute Gasteiger partial charge is 0.261 e. The Morgan fingerprint density at radius 2 is 2.04 bits per heavy atom. The van der Waals surface area contributed by atoms with E-state index in [9.17, 15) is 9.18 Å². The number of thioether (sulfide) groups is 1. The van der Waals surface area contributed by atoms with Crippen molar-refractivity contribution in [1.29, 1.82) is 0 Å². The predicted octanol–water partition coefficient (Wildman–Crippen LogP) is 4.88. The molecule has 0 radical (unpaired) electrons. The second-order valence-electron chi connectivity index (χ2n) is 5.09. The van der Waals surface area contributed by atoms with Gasteiger partial charge in [0.15, 0.2) is 4.34 Å². The van der Waals surface area contributed by atoms with Gasteiger partial charge in [0.1, 0.15) is 11.6 Å². The molecule has 26 heavy (non-hydrogen) atoms. The zero-order valence-electron chi connectivity index (χ0n) is 13.5. The van der Waals surface area contributed by atoms with Gasteiger partial charge >= 0.3 is 0 Å². The van der Waals surface area contributed by atoms with Gasteiger partial charge in [-0.3, -0.25) is 10.1 Å². The summed E-state index contributed by atoms with van der Waals surface area (Å²) in [7, 11) is 1.48. The first-order valence-electron chi connectivity index (χ1n) is 7.41. The van der Waals surface area contributed by atoms with E-state index in [0.29, 0.717) is 31.6 Å². The van der Waals surface area contributed by atoms with E-state index in [2.05, 4.69) is 15.5 Å². The summed E-state index contributed by atoms with van der Waals surface area (Å²) in [6.45, 7) is 0. The second kappa shape index (κ2) is 8.48. The average molecular weight is 410 g/mol. The van der Waals surface area contributed by atoms with Crippen molar-refractivity contribution in [2.24, 2.45) is 0 Å². The molecule has 0 aliphatic carbocycles. The third kappa shape index (κ3) is 4.72. The van der Waals surface area contributed by atoms with Gasteiger partial charge in [0, 0.05) is 10.8 Å². The molecule has 1 amide bonds. The molecule has 1 heterocycles. The number of hydrogen-bond donors (Lipinski definition) is 1. The van der Waals surface area contributed by atoms with Gasteiger partial charge in [-0.15, -0.1) is 10.2 Å². The standard InChI is InChI=1S/C17H13ClFN3O2S2/c1-24-14-7-4-11(18)8-13(14)15(23)20-16-21-22-17(26-16)25-9-10-2-5-12(19)6-3-10/h2-8H,9H2,1H3,(H,20,21,23). The molecule has 3 rings (SSSR count). The molecule has 0 saturated heterocycles. The van der Waals surface area contributed by atoms with Crippen LogP contribution in [0.3, 0.4) is 0 Å². The number of methoxy groups -OCH3 is 1. The number of carbonyl (C=O) groups excluding carboxylic acids is 1. The van der Waals surface area contributed by atoms with Gasteiger partial charge in [-0.1, -0.05) is 46.8 Å². The van der Waals surface area contributed by atoms with Gasteiger partial charge in [0.2, 0.25) is 5.13 Å². The number of rotatable bonds is 6. The summed E-state index contributed by atoms with van der Waals surface area (Å²) in [6.07, 6.45) is 0. The summed E-state index contributed by atoms with van der Waals surface area (Å²) in [4.78, 5) is 12.4. The molecule has 5 nitrogen and oxygen atoms in total. The average Bonchev–Trinajstić information content (AvgIpc) is 3.08. The highest BCUT2D eigenvalue weighted by atomic mass is 35.5. The Hall–Kier alpha value is -2.16. The van der Waals surface area contributed by atoms with Crippen LogP contribution in [-0.4, -0.2) is 23.2 Å². The summed E-state index contributed by atoms with van der Waals surface area (Å²) in [6, 6.07) is 11.1. The van der Waals surface area contributed by atoms with Crippen molar-refractivity contribution in [1.82, 2.24) is 10.2 Å². The predicted molar refractivity (Wildman–Crippen MR) is 102 cm³/mol. The molecule has 0 fully saturated rings.